The lowest BCUT2D eigenvalue weighted by Gasteiger charge is -2.32. The monoisotopic (exact) mass is 344 g/mol. The molecule has 1 aromatic carbocycles. The molecule has 25 heavy (non-hydrogen) atoms. The summed E-state index contributed by atoms with van der Waals surface area (Å²) in [6.45, 7) is 2.26. The molecule has 1 saturated carbocycles. The van der Waals surface area contributed by atoms with Crippen LogP contribution in [0.2, 0.25) is 0 Å². The van der Waals surface area contributed by atoms with Gasteiger partial charge in [0.15, 0.2) is 0 Å². The first-order chi connectivity index (χ1) is 12.1. The Hall–Kier alpha value is -2.04. The number of nitrogens with zero attached hydrogens (tertiary/aromatic N) is 1. The number of phenolic OH excluding ortho intramolecular Hbond substituents is 1. The van der Waals surface area contributed by atoms with Crippen molar-refractivity contribution in [3.8, 4) is 5.75 Å². The van der Waals surface area contributed by atoms with Gasteiger partial charge in [-0.15, -0.1) is 0 Å². The molecular weight excluding hydrogens is 316 g/mol. The normalized spacial score (nSPS) is 23.4. The molecule has 2 N–H and O–H groups in total. The molecule has 0 unspecified atom stereocenters. The SMILES string of the molecule is O=C(NCCc1ccc(O)cc1)[C@@H]1CCCC[C@H]1C(=O)N1CCCC1. The van der Waals surface area contributed by atoms with Crippen LogP contribution in [0, 0.1) is 11.8 Å². The average molecular weight is 344 g/mol. The molecule has 1 aliphatic heterocycles. The quantitative estimate of drug-likeness (QED) is 0.862. The highest BCUT2D eigenvalue weighted by atomic mass is 16.3. The molecule has 2 amide bonds. The van der Waals surface area contributed by atoms with Gasteiger partial charge in [0.25, 0.3) is 0 Å². The van der Waals surface area contributed by atoms with Crippen LogP contribution in [0.15, 0.2) is 24.3 Å². The largest absolute Gasteiger partial charge is 0.508 e. The van der Waals surface area contributed by atoms with Crippen molar-refractivity contribution in [3.05, 3.63) is 29.8 Å². The smallest absolute Gasteiger partial charge is 0.226 e. The predicted molar refractivity (Wildman–Crippen MR) is 96.1 cm³/mol. The van der Waals surface area contributed by atoms with Gasteiger partial charge in [0.1, 0.15) is 5.75 Å². The van der Waals surface area contributed by atoms with Crippen molar-refractivity contribution in [2.24, 2.45) is 11.8 Å². The van der Waals surface area contributed by atoms with Crippen LogP contribution >= 0.6 is 0 Å². The van der Waals surface area contributed by atoms with Crippen LogP contribution in [0.25, 0.3) is 0 Å². The minimum Gasteiger partial charge on any atom is -0.508 e. The zero-order valence-electron chi connectivity index (χ0n) is 14.7. The number of aromatic hydroxyl groups is 1. The van der Waals surface area contributed by atoms with Crippen LogP contribution in [0.3, 0.4) is 0 Å². The van der Waals surface area contributed by atoms with Crippen LogP contribution in [-0.4, -0.2) is 41.5 Å². The first kappa shape index (κ1) is 17.8. The van der Waals surface area contributed by atoms with E-state index in [0.29, 0.717) is 6.54 Å². The summed E-state index contributed by atoms with van der Waals surface area (Å²) >= 11 is 0. The van der Waals surface area contributed by atoms with E-state index >= 15 is 0 Å². The maximum atomic E-state index is 12.8. The van der Waals surface area contributed by atoms with Crippen molar-refractivity contribution in [2.45, 2.75) is 44.9 Å². The Labute approximate surface area is 149 Å². The number of carbonyl (C=O) groups is 2. The van der Waals surface area contributed by atoms with E-state index in [9.17, 15) is 14.7 Å². The van der Waals surface area contributed by atoms with E-state index in [0.717, 1.165) is 63.6 Å². The summed E-state index contributed by atoms with van der Waals surface area (Å²) in [6, 6.07) is 7.04. The average Bonchev–Trinajstić information content (AvgIpc) is 3.17. The van der Waals surface area contributed by atoms with Crippen LogP contribution in [0.5, 0.6) is 5.75 Å². The third-order valence-corrected chi connectivity index (χ3v) is 5.49. The lowest BCUT2D eigenvalue weighted by atomic mass is 9.78. The van der Waals surface area contributed by atoms with Gasteiger partial charge in [-0.1, -0.05) is 25.0 Å². The van der Waals surface area contributed by atoms with Crippen molar-refractivity contribution in [3.63, 3.8) is 0 Å². The van der Waals surface area contributed by atoms with E-state index in [1.165, 1.54) is 0 Å². The van der Waals surface area contributed by atoms with Gasteiger partial charge in [-0.2, -0.15) is 0 Å². The highest BCUT2D eigenvalue weighted by Gasteiger charge is 2.38. The summed E-state index contributed by atoms with van der Waals surface area (Å²) < 4.78 is 0. The molecule has 0 spiro atoms. The Morgan fingerprint density at radius 3 is 2.32 bits per heavy atom. The van der Waals surface area contributed by atoms with Gasteiger partial charge in [0, 0.05) is 31.5 Å². The van der Waals surface area contributed by atoms with Crippen molar-refractivity contribution >= 4 is 11.8 Å². The number of phenols is 1. The molecule has 5 nitrogen and oxygen atoms in total. The van der Waals surface area contributed by atoms with Gasteiger partial charge in [-0.05, 0) is 49.8 Å². The van der Waals surface area contributed by atoms with Gasteiger partial charge in [0.2, 0.25) is 11.8 Å². The highest BCUT2D eigenvalue weighted by Crippen LogP contribution is 2.32. The molecule has 1 heterocycles. The zero-order valence-corrected chi connectivity index (χ0v) is 14.7. The maximum absolute atomic E-state index is 12.8. The molecule has 1 aromatic rings. The van der Waals surface area contributed by atoms with E-state index in [1.807, 2.05) is 17.0 Å². The van der Waals surface area contributed by atoms with Gasteiger partial charge in [-0.3, -0.25) is 9.59 Å². The molecule has 0 aromatic heterocycles. The Kier molecular flexibility index (Phi) is 5.95. The van der Waals surface area contributed by atoms with Crippen molar-refractivity contribution in [1.29, 1.82) is 0 Å². The summed E-state index contributed by atoms with van der Waals surface area (Å²) in [7, 11) is 0. The third kappa shape index (κ3) is 4.53. The van der Waals surface area contributed by atoms with E-state index in [4.69, 9.17) is 0 Å². The van der Waals surface area contributed by atoms with Crippen LogP contribution in [0.1, 0.15) is 44.1 Å². The molecule has 1 aliphatic carbocycles. The molecule has 2 atom stereocenters. The van der Waals surface area contributed by atoms with Gasteiger partial charge in [0.05, 0.1) is 0 Å². The van der Waals surface area contributed by atoms with Crippen LogP contribution < -0.4 is 5.32 Å². The van der Waals surface area contributed by atoms with Gasteiger partial charge >= 0.3 is 0 Å². The minimum absolute atomic E-state index is 0.0241. The molecule has 1 saturated heterocycles. The van der Waals surface area contributed by atoms with Crippen molar-refractivity contribution in [2.75, 3.05) is 19.6 Å². The molecule has 5 heteroatoms. The van der Waals surface area contributed by atoms with Crippen molar-refractivity contribution < 1.29 is 14.7 Å². The number of benzene rings is 1. The highest BCUT2D eigenvalue weighted by molar-refractivity contribution is 5.88. The lowest BCUT2D eigenvalue weighted by Crippen LogP contribution is -2.45. The number of hydrogen-bond acceptors (Lipinski definition) is 3. The molecule has 136 valence electrons. The molecule has 0 radical (unpaired) electrons. The zero-order chi connectivity index (χ0) is 17.6. The fraction of sp³-hybridized carbons (Fsp3) is 0.600. The molecule has 3 rings (SSSR count). The summed E-state index contributed by atoms with van der Waals surface area (Å²) in [4.78, 5) is 27.4. The number of carbonyl (C=O) groups excluding carboxylic acids is 2. The topological polar surface area (TPSA) is 69.6 Å². The molecule has 2 aliphatic rings. The predicted octanol–water partition coefficient (Wildman–Crippen LogP) is 2.48. The van der Waals surface area contributed by atoms with E-state index in [-0.39, 0.29) is 29.4 Å². The standard InChI is InChI=1S/C20H28N2O3/c23-16-9-7-15(8-10-16)11-12-21-19(24)17-5-1-2-6-18(17)20(25)22-13-3-4-14-22/h7-10,17-18,23H,1-6,11-14H2,(H,21,24)/t17-,18-/m1/s1. The molecule has 2 fully saturated rings. The van der Waals surface area contributed by atoms with E-state index in [2.05, 4.69) is 5.32 Å². The van der Waals surface area contributed by atoms with Gasteiger partial charge in [-0.25, -0.2) is 0 Å². The number of nitrogens with one attached hydrogen (secondary N) is 1. The second kappa shape index (κ2) is 8.37. The lowest BCUT2D eigenvalue weighted by molar-refractivity contribution is -0.142. The third-order valence-electron chi connectivity index (χ3n) is 5.49. The number of amides is 2. The summed E-state index contributed by atoms with van der Waals surface area (Å²) in [5.41, 5.74) is 1.08. The Morgan fingerprint density at radius 1 is 1.00 bits per heavy atom. The van der Waals surface area contributed by atoms with Crippen molar-refractivity contribution in [1.82, 2.24) is 10.2 Å². The minimum atomic E-state index is -0.179. The second-order valence-corrected chi connectivity index (χ2v) is 7.24. The first-order valence-corrected chi connectivity index (χ1v) is 9.49. The summed E-state index contributed by atoms with van der Waals surface area (Å²) in [6.07, 6.45) is 6.62. The summed E-state index contributed by atoms with van der Waals surface area (Å²) in [5, 5.41) is 12.3. The maximum Gasteiger partial charge on any atom is 0.226 e. The number of rotatable bonds is 5. The molecular formula is C20H28N2O3. The Morgan fingerprint density at radius 2 is 1.64 bits per heavy atom. The number of hydrogen-bond donors (Lipinski definition) is 2. The summed E-state index contributed by atoms with van der Waals surface area (Å²) in [5.74, 6) is 0.146. The van der Waals surface area contributed by atoms with Gasteiger partial charge < -0.3 is 15.3 Å². The number of likely N-dealkylation sites (tertiary alicyclic amines) is 1. The second-order valence-electron chi connectivity index (χ2n) is 7.24. The van der Waals surface area contributed by atoms with Crippen LogP contribution in [-0.2, 0) is 16.0 Å². The first-order valence-electron chi connectivity index (χ1n) is 9.49. The molecule has 0 bridgehead atoms. The Bertz CT molecular complexity index is 593. The van der Waals surface area contributed by atoms with E-state index < -0.39 is 0 Å². The fourth-order valence-corrected chi connectivity index (χ4v) is 4.04. The van der Waals surface area contributed by atoms with E-state index in [1.54, 1.807) is 12.1 Å². The van der Waals surface area contributed by atoms with Crippen LogP contribution in [0.4, 0.5) is 0 Å². The Balaban J connectivity index is 1.53. The fourth-order valence-electron chi connectivity index (χ4n) is 4.04.